The summed E-state index contributed by atoms with van der Waals surface area (Å²) < 4.78 is 10.7. The molecule has 92 valence electrons. The maximum Gasteiger partial charge on any atom is 0.151 e. The molecule has 0 bridgehead atoms. The maximum absolute atomic E-state index is 5.35. The highest BCUT2D eigenvalue weighted by Crippen LogP contribution is 2.36. The fourth-order valence-corrected chi connectivity index (χ4v) is 1.72. The Balaban J connectivity index is 2.64. The summed E-state index contributed by atoms with van der Waals surface area (Å²) in [5.41, 5.74) is 1.56. The van der Waals surface area contributed by atoms with Gasteiger partial charge in [-0.2, -0.15) is 0 Å². The molecule has 18 heavy (non-hydrogen) atoms. The van der Waals surface area contributed by atoms with E-state index in [9.17, 15) is 0 Å². The van der Waals surface area contributed by atoms with Gasteiger partial charge in [-0.05, 0) is 24.3 Å². The SMILES string of the molecule is C=Cc1nccc(-c2c(OC)cccc2OC)n1. The summed E-state index contributed by atoms with van der Waals surface area (Å²) in [4.78, 5) is 8.47. The van der Waals surface area contributed by atoms with Gasteiger partial charge in [0.25, 0.3) is 0 Å². The molecule has 1 heterocycles. The molecule has 2 rings (SSSR count). The molecule has 4 heteroatoms. The first-order valence-electron chi connectivity index (χ1n) is 5.47. The molecular weight excluding hydrogens is 228 g/mol. The zero-order valence-electron chi connectivity index (χ0n) is 10.4. The van der Waals surface area contributed by atoms with Gasteiger partial charge in [-0.25, -0.2) is 9.97 Å². The van der Waals surface area contributed by atoms with Crippen LogP contribution in [-0.4, -0.2) is 24.2 Å². The van der Waals surface area contributed by atoms with Crippen LogP contribution in [0.4, 0.5) is 0 Å². The lowest BCUT2D eigenvalue weighted by Crippen LogP contribution is -1.96. The van der Waals surface area contributed by atoms with Gasteiger partial charge >= 0.3 is 0 Å². The van der Waals surface area contributed by atoms with Crippen molar-refractivity contribution in [1.82, 2.24) is 9.97 Å². The third-order valence-corrected chi connectivity index (χ3v) is 2.54. The molecule has 0 amide bonds. The molecule has 1 aromatic carbocycles. The number of hydrogen-bond acceptors (Lipinski definition) is 4. The van der Waals surface area contributed by atoms with Crippen LogP contribution in [0.15, 0.2) is 37.0 Å². The second-order valence-corrected chi connectivity index (χ2v) is 3.54. The minimum Gasteiger partial charge on any atom is -0.496 e. The summed E-state index contributed by atoms with van der Waals surface area (Å²) in [5.74, 6) is 1.99. The Bertz CT molecular complexity index is 545. The van der Waals surface area contributed by atoms with Crippen LogP contribution in [0.1, 0.15) is 5.82 Å². The average molecular weight is 242 g/mol. The van der Waals surface area contributed by atoms with Crippen LogP contribution >= 0.6 is 0 Å². The van der Waals surface area contributed by atoms with E-state index < -0.39 is 0 Å². The lowest BCUT2D eigenvalue weighted by molar-refractivity contribution is 0.397. The second-order valence-electron chi connectivity index (χ2n) is 3.54. The summed E-state index contributed by atoms with van der Waals surface area (Å²) in [7, 11) is 3.24. The number of aromatic nitrogens is 2. The smallest absolute Gasteiger partial charge is 0.151 e. The fourth-order valence-electron chi connectivity index (χ4n) is 1.72. The topological polar surface area (TPSA) is 44.2 Å². The maximum atomic E-state index is 5.35. The van der Waals surface area contributed by atoms with Crippen molar-refractivity contribution in [2.75, 3.05) is 14.2 Å². The van der Waals surface area contributed by atoms with Gasteiger partial charge in [0, 0.05) is 6.20 Å². The molecule has 0 spiro atoms. The molecular formula is C14H14N2O2. The number of rotatable bonds is 4. The van der Waals surface area contributed by atoms with Gasteiger partial charge < -0.3 is 9.47 Å². The standard InChI is InChI=1S/C14H14N2O2/c1-4-13-15-9-8-10(16-13)14-11(17-2)6-5-7-12(14)18-3/h4-9H,1H2,2-3H3. The van der Waals surface area contributed by atoms with Crippen molar-refractivity contribution in [3.05, 3.63) is 42.9 Å². The number of nitrogens with zero attached hydrogens (tertiary/aromatic N) is 2. The van der Waals surface area contributed by atoms with Crippen LogP contribution in [0.3, 0.4) is 0 Å². The Morgan fingerprint density at radius 3 is 2.33 bits per heavy atom. The van der Waals surface area contributed by atoms with Crippen molar-refractivity contribution in [2.24, 2.45) is 0 Å². The molecule has 0 aliphatic carbocycles. The first kappa shape index (κ1) is 12.1. The molecule has 1 aromatic heterocycles. The van der Waals surface area contributed by atoms with Gasteiger partial charge in [0.05, 0.1) is 25.5 Å². The summed E-state index contributed by atoms with van der Waals surface area (Å²) in [5, 5.41) is 0. The van der Waals surface area contributed by atoms with E-state index in [1.54, 1.807) is 26.5 Å². The average Bonchev–Trinajstić information content (AvgIpc) is 2.46. The highest BCUT2D eigenvalue weighted by molar-refractivity contribution is 5.74. The van der Waals surface area contributed by atoms with Gasteiger partial charge in [0.1, 0.15) is 11.5 Å². The Kier molecular flexibility index (Phi) is 3.57. The summed E-state index contributed by atoms with van der Waals surface area (Å²) in [6.07, 6.45) is 3.29. The normalized spacial score (nSPS) is 9.89. The Hall–Kier alpha value is -2.36. The number of benzene rings is 1. The van der Waals surface area contributed by atoms with Crippen LogP contribution in [0.25, 0.3) is 17.3 Å². The minimum absolute atomic E-state index is 0.570. The first-order valence-corrected chi connectivity index (χ1v) is 5.47. The third-order valence-electron chi connectivity index (χ3n) is 2.54. The molecule has 0 radical (unpaired) electrons. The molecule has 0 N–H and O–H groups in total. The lowest BCUT2D eigenvalue weighted by atomic mass is 10.1. The highest BCUT2D eigenvalue weighted by atomic mass is 16.5. The van der Waals surface area contributed by atoms with Crippen LogP contribution in [0.2, 0.25) is 0 Å². The largest absolute Gasteiger partial charge is 0.496 e. The van der Waals surface area contributed by atoms with Gasteiger partial charge in [-0.15, -0.1) is 0 Å². The molecule has 2 aromatic rings. The third kappa shape index (κ3) is 2.18. The molecule has 4 nitrogen and oxygen atoms in total. The van der Waals surface area contributed by atoms with E-state index >= 15 is 0 Å². The van der Waals surface area contributed by atoms with Crippen molar-refractivity contribution in [3.63, 3.8) is 0 Å². The Morgan fingerprint density at radius 2 is 1.78 bits per heavy atom. The number of ether oxygens (including phenoxy) is 2. The van der Waals surface area contributed by atoms with Crippen molar-refractivity contribution in [3.8, 4) is 22.8 Å². The Morgan fingerprint density at radius 1 is 1.11 bits per heavy atom. The van der Waals surface area contributed by atoms with Crippen molar-refractivity contribution >= 4 is 6.08 Å². The lowest BCUT2D eigenvalue weighted by Gasteiger charge is -2.12. The van der Waals surface area contributed by atoms with Crippen molar-refractivity contribution in [1.29, 1.82) is 0 Å². The molecule has 0 saturated heterocycles. The van der Waals surface area contributed by atoms with E-state index in [0.717, 1.165) is 11.3 Å². The zero-order valence-corrected chi connectivity index (χ0v) is 10.4. The number of hydrogen-bond donors (Lipinski definition) is 0. The zero-order chi connectivity index (χ0) is 13.0. The minimum atomic E-state index is 0.570. The summed E-state index contributed by atoms with van der Waals surface area (Å²) in [6, 6.07) is 7.42. The van der Waals surface area contributed by atoms with Crippen LogP contribution < -0.4 is 9.47 Å². The predicted molar refractivity (Wildman–Crippen MR) is 70.7 cm³/mol. The van der Waals surface area contributed by atoms with Crippen LogP contribution in [-0.2, 0) is 0 Å². The summed E-state index contributed by atoms with van der Waals surface area (Å²) in [6.45, 7) is 3.66. The first-order chi connectivity index (χ1) is 8.80. The molecule has 0 fully saturated rings. The van der Waals surface area contributed by atoms with E-state index in [1.807, 2.05) is 24.3 Å². The quantitative estimate of drug-likeness (QED) is 0.827. The van der Waals surface area contributed by atoms with E-state index in [-0.39, 0.29) is 0 Å². The van der Waals surface area contributed by atoms with Crippen molar-refractivity contribution < 1.29 is 9.47 Å². The van der Waals surface area contributed by atoms with Gasteiger partial charge in [0.15, 0.2) is 5.82 Å². The predicted octanol–water partition coefficient (Wildman–Crippen LogP) is 2.80. The summed E-state index contributed by atoms with van der Waals surface area (Å²) >= 11 is 0. The molecule has 0 atom stereocenters. The fraction of sp³-hybridized carbons (Fsp3) is 0.143. The van der Waals surface area contributed by atoms with Gasteiger partial charge in [-0.1, -0.05) is 12.6 Å². The van der Waals surface area contributed by atoms with E-state index in [4.69, 9.17) is 9.47 Å². The molecule has 0 aliphatic heterocycles. The van der Waals surface area contributed by atoms with Gasteiger partial charge in [0.2, 0.25) is 0 Å². The number of methoxy groups -OCH3 is 2. The van der Waals surface area contributed by atoms with Crippen LogP contribution in [0.5, 0.6) is 11.5 Å². The van der Waals surface area contributed by atoms with E-state index in [2.05, 4.69) is 16.5 Å². The Labute approximate surface area is 106 Å². The van der Waals surface area contributed by atoms with Gasteiger partial charge in [-0.3, -0.25) is 0 Å². The van der Waals surface area contributed by atoms with E-state index in [0.29, 0.717) is 17.3 Å². The molecule has 0 aliphatic rings. The molecule has 0 saturated carbocycles. The highest BCUT2D eigenvalue weighted by Gasteiger charge is 2.13. The van der Waals surface area contributed by atoms with Crippen LogP contribution in [0, 0.1) is 0 Å². The second kappa shape index (κ2) is 5.31. The monoisotopic (exact) mass is 242 g/mol. The van der Waals surface area contributed by atoms with E-state index in [1.165, 1.54) is 0 Å². The van der Waals surface area contributed by atoms with Crippen molar-refractivity contribution in [2.45, 2.75) is 0 Å². The molecule has 0 unspecified atom stereocenters.